The van der Waals surface area contributed by atoms with Crippen LogP contribution in [0.5, 0.6) is 0 Å². The summed E-state index contributed by atoms with van der Waals surface area (Å²) >= 11 is 0. The number of anilines is 1. The Morgan fingerprint density at radius 3 is 2.39 bits per heavy atom. The first-order valence-electron chi connectivity index (χ1n) is 6.39. The Labute approximate surface area is 108 Å². The number of nitrogens with zero attached hydrogens (tertiary/aromatic N) is 1. The zero-order valence-corrected chi connectivity index (χ0v) is 10.6. The van der Waals surface area contributed by atoms with Crippen molar-refractivity contribution in [3.63, 3.8) is 0 Å². The van der Waals surface area contributed by atoms with E-state index < -0.39 is 0 Å². The molecule has 1 heterocycles. The van der Waals surface area contributed by atoms with Crippen molar-refractivity contribution in [2.45, 2.75) is 6.42 Å². The lowest BCUT2D eigenvalue weighted by Gasteiger charge is -2.44. The lowest BCUT2D eigenvalue weighted by molar-refractivity contribution is -0.131. The van der Waals surface area contributed by atoms with Crippen molar-refractivity contribution in [1.82, 2.24) is 0 Å². The summed E-state index contributed by atoms with van der Waals surface area (Å²) in [6.07, 6.45) is 0.733. The van der Waals surface area contributed by atoms with Crippen molar-refractivity contribution < 1.29 is 14.9 Å². The van der Waals surface area contributed by atoms with Crippen LogP contribution in [0.4, 0.5) is 5.69 Å². The number of para-hydroxylation sites is 1. The van der Waals surface area contributed by atoms with E-state index in [1.54, 1.807) is 0 Å². The van der Waals surface area contributed by atoms with Gasteiger partial charge in [0.15, 0.2) is 0 Å². The van der Waals surface area contributed by atoms with Crippen molar-refractivity contribution in [3.05, 3.63) is 30.3 Å². The first-order valence-corrected chi connectivity index (χ1v) is 6.39. The molecule has 0 atom stereocenters. The van der Waals surface area contributed by atoms with Gasteiger partial charge >= 0.3 is 0 Å². The fraction of sp³-hybridized carbons (Fsp3) is 0.571. The van der Waals surface area contributed by atoms with E-state index in [2.05, 4.69) is 17.0 Å². The number of rotatable bonds is 7. The second-order valence-corrected chi connectivity index (χ2v) is 4.99. The highest BCUT2D eigenvalue weighted by Gasteiger charge is 2.39. The van der Waals surface area contributed by atoms with Crippen molar-refractivity contribution in [2.75, 3.05) is 44.4 Å². The molecule has 2 rings (SSSR count). The molecule has 1 aromatic carbocycles. The van der Waals surface area contributed by atoms with Crippen LogP contribution in [0.2, 0.25) is 0 Å². The predicted octanol–water partition coefficient (Wildman–Crippen LogP) is 0.884. The monoisotopic (exact) mass is 251 g/mol. The zero-order valence-electron chi connectivity index (χ0n) is 10.6. The molecule has 0 aliphatic carbocycles. The molecule has 4 nitrogen and oxygen atoms in total. The topological polar surface area (TPSA) is 52.9 Å². The maximum Gasteiger partial charge on any atom is 0.0584 e. The van der Waals surface area contributed by atoms with Gasteiger partial charge in [-0.2, -0.15) is 0 Å². The van der Waals surface area contributed by atoms with E-state index in [9.17, 15) is 5.11 Å². The molecular weight excluding hydrogens is 230 g/mol. The van der Waals surface area contributed by atoms with Gasteiger partial charge in [-0.15, -0.1) is 0 Å². The number of aliphatic hydroxyl groups excluding tert-OH is 2. The fourth-order valence-electron chi connectivity index (χ4n) is 2.23. The lowest BCUT2D eigenvalue weighted by Crippen LogP contribution is -2.53. The Hall–Kier alpha value is -1.10. The van der Waals surface area contributed by atoms with Crippen molar-refractivity contribution in [3.8, 4) is 0 Å². The molecule has 0 radical (unpaired) electrons. The van der Waals surface area contributed by atoms with Crippen LogP contribution in [-0.2, 0) is 4.74 Å². The second kappa shape index (κ2) is 6.18. The summed E-state index contributed by atoms with van der Waals surface area (Å²) in [5.41, 5.74) is 0.997. The predicted molar refractivity (Wildman–Crippen MR) is 70.7 cm³/mol. The maximum absolute atomic E-state index is 9.50. The number of aliphatic hydroxyl groups is 2. The van der Waals surface area contributed by atoms with Gasteiger partial charge in [-0.3, -0.25) is 0 Å². The summed E-state index contributed by atoms with van der Waals surface area (Å²) in [7, 11) is 0. The van der Waals surface area contributed by atoms with Crippen molar-refractivity contribution >= 4 is 5.69 Å². The lowest BCUT2D eigenvalue weighted by atomic mass is 9.86. The standard InChI is InChI=1S/C14H21NO3/c16-8-4-7-15(13-5-2-1-3-6-13)9-14(10-17)11-18-12-14/h1-3,5-6,16-17H,4,7-12H2. The summed E-state index contributed by atoms with van der Waals surface area (Å²) in [4.78, 5) is 2.22. The van der Waals surface area contributed by atoms with E-state index in [-0.39, 0.29) is 18.6 Å². The average molecular weight is 251 g/mol. The Bertz CT molecular complexity index is 346. The minimum atomic E-state index is -0.134. The SMILES string of the molecule is OCCCN(CC1(CO)COC1)c1ccccc1. The molecule has 0 amide bonds. The molecule has 0 saturated carbocycles. The highest BCUT2D eigenvalue weighted by atomic mass is 16.5. The van der Waals surface area contributed by atoms with Crippen LogP contribution in [0.25, 0.3) is 0 Å². The molecule has 0 aromatic heterocycles. The number of benzene rings is 1. The molecule has 1 aromatic rings. The van der Waals surface area contributed by atoms with Gasteiger partial charge in [0.05, 0.1) is 25.2 Å². The largest absolute Gasteiger partial charge is 0.396 e. The number of hydrogen-bond donors (Lipinski definition) is 2. The van der Waals surface area contributed by atoms with Crippen LogP contribution >= 0.6 is 0 Å². The van der Waals surface area contributed by atoms with Crippen LogP contribution < -0.4 is 4.90 Å². The molecule has 18 heavy (non-hydrogen) atoms. The van der Waals surface area contributed by atoms with Crippen LogP contribution in [0.15, 0.2) is 30.3 Å². The third kappa shape index (κ3) is 3.02. The van der Waals surface area contributed by atoms with Gasteiger partial charge < -0.3 is 19.8 Å². The molecule has 1 saturated heterocycles. The molecular formula is C14H21NO3. The fourth-order valence-corrected chi connectivity index (χ4v) is 2.23. The Balaban J connectivity index is 2.05. The van der Waals surface area contributed by atoms with Crippen molar-refractivity contribution in [1.29, 1.82) is 0 Å². The van der Waals surface area contributed by atoms with Gasteiger partial charge in [0.1, 0.15) is 0 Å². The quantitative estimate of drug-likeness (QED) is 0.755. The van der Waals surface area contributed by atoms with Crippen molar-refractivity contribution in [2.24, 2.45) is 5.41 Å². The molecule has 0 spiro atoms. The normalized spacial score (nSPS) is 17.2. The third-order valence-electron chi connectivity index (χ3n) is 3.39. The van der Waals surface area contributed by atoms with Gasteiger partial charge in [-0.1, -0.05) is 18.2 Å². The minimum Gasteiger partial charge on any atom is -0.396 e. The van der Waals surface area contributed by atoms with E-state index in [1.165, 1.54) is 0 Å². The van der Waals surface area contributed by atoms with Gasteiger partial charge in [0, 0.05) is 25.4 Å². The van der Waals surface area contributed by atoms with Crippen LogP contribution in [0.1, 0.15) is 6.42 Å². The zero-order chi connectivity index (χ0) is 12.8. The van der Waals surface area contributed by atoms with Crippen LogP contribution in [-0.4, -0.2) is 49.7 Å². The summed E-state index contributed by atoms with van der Waals surface area (Å²) in [6.45, 7) is 3.13. The molecule has 1 aliphatic heterocycles. The smallest absolute Gasteiger partial charge is 0.0584 e. The molecule has 1 aliphatic rings. The Morgan fingerprint density at radius 2 is 1.89 bits per heavy atom. The third-order valence-corrected chi connectivity index (χ3v) is 3.39. The second-order valence-electron chi connectivity index (χ2n) is 4.99. The first kappa shape index (κ1) is 13.3. The van der Waals surface area contributed by atoms with Gasteiger partial charge in [0.25, 0.3) is 0 Å². The van der Waals surface area contributed by atoms with Crippen LogP contribution in [0.3, 0.4) is 0 Å². The van der Waals surface area contributed by atoms with E-state index in [1.807, 2.05) is 18.2 Å². The molecule has 0 unspecified atom stereocenters. The van der Waals surface area contributed by atoms with E-state index in [0.29, 0.717) is 13.2 Å². The van der Waals surface area contributed by atoms with Gasteiger partial charge in [0.2, 0.25) is 0 Å². The van der Waals surface area contributed by atoms with E-state index in [0.717, 1.165) is 25.2 Å². The maximum atomic E-state index is 9.50. The van der Waals surface area contributed by atoms with Gasteiger partial charge in [-0.25, -0.2) is 0 Å². The minimum absolute atomic E-state index is 0.134. The first-order chi connectivity index (χ1) is 8.79. The highest BCUT2D eigenvalue weighted by molar-refractivity contribution is 5.46. The summed E-state index contributed by atoms with van der Waals surface area (Å²) in [6, 6.07) is 10.1. The molecule has 1 fully saturated rings. The number of hydrogen-bond acceptors (Lipinski definition) is 4. The Kier molecular flexibility index (Phi) is 4.58. The summed E-state index contributed by atoms with van der Waals surface area (Å²) in [5, 5.41) is 18.5. The average Bonchev–Trinajstić information content (AvgIpc) is 2.38. The summed E-state index contributed by atoms with van der Waals surface area (Å²) in [5.74, 6) is 0. The van der Waals surface area contributed by atoms with Gasteiger partial charge in [-0.05, 0) is 18.6 Å². The van der Waals surface area contributed by atoms with E-state index >= 15 is 0 Å². The molecule has 2 N–H and O–H groups in total. The highest BCUT2D eigenvalue weighted by Crippen LogP contribution is 2.30. The molecule has 4 heteroatoms. The Morgan fingerprint density at radius 1 is 1.17 bits per heavy atom. The number of ether oxygens (including phenoxy) is 1. The summed E-state index contributed by atoms with van der Waals surface area (Å²) < 4.78 is 5.23. The molecule has 100 valence electrons. The molecule has 0 bridgehead atoms. The van der Waals surface area contributed by atoms with E-state index in [4.69, 9.17) is 9.84 Å². The van der Waals surface area contributed by atoms with Crippen LogP contribution in [0, 0.1) is 5.41 Å².